The standard InChI is InChI=1S/C14H19NO/c1-11(2)14(16)15(12(3)4)10-13-8-6-5-7-9-13/h5-9,12H,1,10H2,2-4H3. The molecule has 0 N–H and O–H groups in total. The van der Waals surface area contributed by atoms with Crippen LogP contribution in [0.2, 0.25) is 0 Å². The van der Waals surface area contributed by atoms with Crippen LogP contribution in [0.4, 0.5) is 0 Å². The number of carbonyl (C=O) groups excluding carboxylic acids is 1. The van der Waals surface area contributed by atoms with Crippen molar-refractivity contribution < 1.29 is 4.79 Å². The second kappa shape index (κ2) is 5.50. The highest BCUT2D eigenvalue weighted by atomic mass is 16.2. The van der Waals surface area contributed by atoms with Crippen LogP contribution in [0.3, 0.4) is 0 Å². The van der Waals surface area contributed by atoms with Gasteiger partial charge in [0.15, 0.2) is 0 Å². The zero-order valence-corrected chi connectivity index (χ0v) is 10.2. The zero-order chi connectivity index (χ0) is 12.1. The van der Waals surface area contributed by atoms with Crippen LogP contribution in [0.25, 0.3) is 0 Å². The fourth-order valence-electron chi connectivity index (χ4n) is 1.51. The number of nitrogens with zero attached hydrogens (tertiary/aromatic N) is 1. The molecule has 0 aliphatic rings. The first kappa shape index (κ1) is 12.5. The molecule has 0 fully saturated rings. The molecule has 1 amide bonds. The minimum atomic E-state index is 0.0267. The molecule has 1 aromatic rings. The minimum absolute atomic E-state index is 0.0267. The molecule has 1 aromatic carbocycles. The van der Waals surface area contributed by atoms with Gasteiger partial charge in [0, 0.05) is 18.2 Å². The first-order valence-corrected chi connectivity index (χ1v) is 5.52. The summed E-state index contributed by atoms with van der Waals surface area (Å²) in [5, 5.41) is 0. The van der Waals surface area contributed by atoms with Gasteiger partial charge in [-0.05, 0) is 26.3 Å². The first-order chi connectivity index (χ1) is 7.52. The summed E-state index contributed by atoms with van der Waals surface area (Å²) < 4.78 is 0. The van der Waals surface area contributed by atoms with Crippen molar-refractivity contribution >= 4 is 5.91 Å². The summed E-state index contributed by atoms with van der Waals surface area (Å²) >= 11 is 0. The van der Waals surface area contributed by atoms with Gasteiger partial charge in [-0.3, -0.25) is 4.79 Å². The van der Waals surface area contributed by atoms with Crippen molar-refractivity contribution in [2.24, 2.45) is 0 Å². The first-order valence-electron chi connectivity index (χ1n) is 5.52. The maximum absolute atomic E-state index is 11.9. The van der Waals surface area contributed by atoms with Crippen LogP contribution >= 0.6 is 0 Å². The highest BCUT2D eigenvalue weighted by Crippen LogP contribution is 2.11. The number of carbonyl (C=O) groups is 1. The molecule has 16 heavy (non-hydrogen) atoms. The molecule has 0 aliphatic heterocycles. The summed E-state index contributed by atoms with van der Waals surface area (Å²) in [6.45, 7) is 10.1. The molecule has 0 radical (unpaired) electrons. The Bertz CT molecular complexity index is 368. The Hall–Kier alpha value is -1.57. The lowest BCUT2D eigenvalue weighted by atomic mass is 10.1. The van der Waals surface area contributed by atoms with Crippen LogP contribution in [0, 0.1) is 0 Å². The van der Waals surface area contributed by atoms with Crippen molar-refractivity contribution in [3.8, 4) is 0 Å². The number of benzene rings is 1. The SMILES string of the molecule is C=C(C)C(=O)N(Cc1ccccc1)C(C)C. The van der Waals surface area contributed by atoms with E-state index in [0.717, 1.165) is 5.56 Å². The van der Waals surface area contributed by atoms with Crippen molar-refractivity contribution in [1.29, 1.82) is 0 Å². The van der Waals surface area contributed by atoms with Gasteiger partial charge >= 0.3 is 0 Å². The van der Waals surface area contributed by atoms with Gasteiger partial charge < -0.3 is 4.90 Å². The Morgan fingerprint density at radius 3 is 2.31 bits per heavy atom. The van der Waals surface area contributed by atoms with Crippen molar-refractivity contribution in [3.63, 3.8) is 0 Å². The number of amides is 1. The average molecular weight is 217 g/mol. The summed E-state index contributed by atoms with van der Waals surface area (Å²) in [6, 6.07) is 10.2. The molecule has 0 aromatic heterocycles. The molecule has 0 atom stereocenters. The summed E-state index contributed by atoms with van der Waals surface area (Å²) in [6.07, 6.45) is 0. The van der Waals surface area contributed by atoms with Crippen LogP contribution in [0.15, 0.2) is 42.5 Å². The molecule has 0 spiro atoms. The smallest absolute Gasteiger partial charge is 0.249 e. The molecule has 0 aliphatic carbocycles. The van der Waals surface area contributed by atoms with Gasteiger partial charge in [0.2, 0.25) is 5.91 Å². The van der Waals surface area contributed by atoms with E-state index in [4.69, 9.17) is 0 Å². The van der Waals surface area contributed by atoms with Gasteiger partial charge in [0.25, 0.3) is 0 Å². The fourth-order valence-corrected chi connectivity index (χ4v) is 1.51. The highest BCUT2D eigenvalue weighted by molar-refractivity contribution is 5.92. The normalized spacial score (nSPS) is 10.2. The molecule has 0 saturated carbocycles. The van der Waals surface area contributed by atoms with Crippen LogP contribution in [-0.4, -0.2) is 16.8 Å². The molecule has 0 unspecified atom stereocenters. The Morgan fingerprint density at radius 1 is 1.31 bits per heavy atom. The second-order valence-electron chi connectivity index (χ2n) is 4.29. The monoisotopic (exact) mass is 217 g/mol. The van der Waals surface area contributed by atoms with Gasteiger partial charge in [-0.2, -0.15) is 0 Å². The zero-order valence-electron chi connectivity index (χ0n) is 10.2. The molecule has 0 heterocycles. The van der Waals surface area contributed by atoms with Crippen LogP contribution in [0.1, 0.15) is 26.3 Å². The Balaban J connectivity index is 2.81. The van der Waals surface area contributed by atoms with Crippen molar-refractivity contribution in [1.82, 2.24) is 4.90 Å². The van der Waals surface area contributed by atoms with E-state index in [9.17, 15) is 4.79 Å². The molecular weight excluding hydrogens is 198 g/mol. The highest BCUT2D eigenvalue weighted by Gasteiger charge is 2.17. The van der Waals surface area contributed by atoms with Gasteiger partial charge in [0.1, 0.15) is 0 Å². The quantitative estimate of drug-likeness (QED) is 0.710. The molecule has 1 rings (SSSR count). The second-order valence-corrected chi connectivity index (χ2v) is 4.29. The van der Waals surface area contributed by atoms with Gasteiger partial charge in [0.05, 0.1) is 0 Å². The van der Waals surface area contributed by atoms with E-state index in [1.165, 1.54) is 0 Å². The van der Waals surface area contributed by atoms with Crippen LogP contribution < -0.4 is 0 Å². The lowest BCUT2D eigenvalue weighted by Gasteiger charge is -2.27. The third kappa shape index (κ3) is 3.23. The van der Waals surface area contributed by atoms with Gasteiger partial charge in [-0.15, -0.1) is 0 Å². The van der Waals surface area contributed by atoms with Crippen LogP contribution in [0.5, 0.6) is 0 Å². The van der Waals surface area contributed by atoms with Gasteiger partial charge in [-0.25, -0.2) is 0 Å². The van der Waals surface area contributed by atoms with E-state index in [-0.39, 0.29) is 11.9 Å². The third-order valence-electron chi connectivity index (χ3n) is 2.45. The van der Waals surface area contributed by atoms with Crippen LogP contribution in [-0.2, 0) is 11.3 Å². The van der Waals surface area contributed by atoms with E-state index < -0.39 is 0 Å². The Morgan fingerprint density at radius 2 is 1.88 bits per heavy atom. The fraction of sp³-hybridized carbons (Fsp3) is 0.357. The van der Waals surface area contributed by atoms with E-state index in [1.807, 2.05) is 49.1 Å². The van der Waals surface area contributed by atoms with E-state index >= 15 is 0 Å². The number of hydrogen-bond acceptors (Lipinski definition) is 1. The van der Waals surface area contributed by atoms with Crippen molar-refractivity contribution in [2.75, 3.05) is 0 Å². The summed E-state index contributed by atoms with van der Waals surface area (Å²) in [5.74, 6) is 0.0267. The molecular formula is C14H19NO. The maximum atomic E-state index is 11.9. The van der Waals surface area contributed by atoms with Crippen molar-refractivity contribution in [3.05, 3.63) is 48.0 Å². The lowest BCUT2D eigenvalue weighted by molar-refractivity contribution is -0.129. The van der Waals surface area contributed by atoms with E-state index in [2.05, 4.69) is 6.58 Å². The number of hydrogen-bond donors (Lipinski definition) is 0. The topological polar surface area (TPSA) is 20.3 Å². The van der Waals surface area contributed by atoms with Gasteiger partial charge in [-0.1, -0.05) is 36.9 Å². The third-order valence-corrected chi connectivity index (χ3v) is 2.45. The molecule has 0 bridgehead atoms. The average Bonchev–Trinajstić information content (AvgIpc) is 2.26. The van der Waals surface area contributed by atoms with Crippen molar-refractivity contribution in [2.45, 2.75) is 33.4 Å². The van der Waals surface area contributed by atoms with E-state index in [0.29, 0.717) is 12.1 Å². The predicted octanol–water partition coefficient (Wildman–Crippen LogP) is 3.00. The number of rotatable bonds is 4. The minimum Gasteiger partial charge on any atom is -0.332 e. The molecule has 2 heteroatoms. The largest absolute Gasteiger partial charge is 0.332 e. The maximum Gasteiger partial charge on any atom is 0.249 e. The Kier molecular flexibility index (Phi) is 4.29. The molecule has 2 nitrogen and oxygen atoms in total. The Labute approximate surface area is 97.6 Å². The summed E-state index contributed by atoms with van der Waals surface area (Å²) in [5.41, 5.74) is 1.73. The summed E-state index contributed by atoms with van der Waals surface area (Å²) in [4.78, 5) is 13.7. The lowest BCUT2D eigenvalue weighted by Crippen LogP contribution is -2.36. The molecule has 0 saturated heterocycles. The predicted molar refractivity (Wildman–Crippen MR) is 66.9 cm³/mol. The summed E-state index contributed by atoms with van der Waals surface area (Å²) in [7, 11) is 0. The molecule has 86 valence electrons. The van der Waals surface area contributed by atoms with E-state index in [1.54, 1.807) is 6.92 Å².